The zero-order valence-electron chi connectivity index (χ0n) is 17.4. The van der Waals surface area contributed by atoms with Crippen molar-refractivity contribution in [2.24, 2.45) is 0 Å². The summed E-state index contributed by atoms with van der Waals surface area (Å²) in [6, 6.07) is 12.9. The van der Waals surface area contributed by atoms with E-state index < -0.39 is 0 Å². The second-order valence-electron chi connectivity index (χ2n) is 7.80. The summed E-state index contributed by atoms with van der Waals surface area (Å²) < 4.78 is 10.8. The Hall–Kier alpha value is -2.90. The van der Waals surface area contributed by atoms with Crippen LogP contribution in [0.3, 0.4) is 0 Å². The standard InChI is InChI=1S/C23H27N3O4/c1-16(23(28)24-20-6-4-19(5-7-20)17(2)27)26-11-9-25(10-12-26)14-18-3-8-21-22(13-18)30-15-29-21/h3-8,13,16H,9-12,14-15H2,1-2H3,(H,24,28)/t16-/m0/s1. The maximum Gasteiger partial charge on any atom is 0.241 e. The van der Waals surface area contributed by atoms with E-state index in [4.69, 9.17) is 9.47 Å². The monoisotopic (exact) mass is 409 g/mol. The van der Waals surface area contributed by atoms with E-state index in [-0.39, 0.29) is 24.5 Å². The topological polar surface area (TPSA) is 71.1 Å². The SMILES string of the molecule is CC(=O)c1ccc(NC(=O)[C@H](C)N2CCN(Cc3ccc4c(c3)OCO4)CC2)cc1. The first-order valence-electron chi connectivity index (χ1n) is 10.3. The highest BCUT2D eigenvalue weighted by Crippen LogP contribution is 2.32. The van der Waals surface area contributed by atoms with E-state index in [1.165, 1.54) is 12.5 Å². The van der Waals surface area contributed by atoms with Crippen molar-refractivity contribution in [1.29, 1.82) is 0 Å². The van der Waals surface area contributed by atoms with E-state index >= 15 is 0 Å². The molecule has 0 aliphatic carbocycles. The van der Waals surface area contributed by atoms with Crippen LogP contribution in [-0.4, -0.2) is 60.5 Å². The van der Waals surface area contributed by atoms with E-state index in [2.05, 4.69) is 21.2 Å². The van der Waals surface area contributed by atoms with E-state index in [0.29, 0.717) is 11.3 Å². The minimum atomic E-state index is -0.217. The number of carbonyl (C=O) groups excluding carboxylic acids is 2. The van der Waals surface area contributed by atoms with Crippen LogP contribution in [0.1, 0.15) is 29.8 Å². The molecule has 30 heavy (non-hydrogen) atoms. The van der Waals surface area contributed by atoms with Gasteiger partial charge in [0.15, 0.2) is 17.3 Å². The summed E-state index contributed by atoms with van der Waals surface area (Å²) in [6.45, 7) is 8.09. The van der Waals surface area contributed by atoms with Crippen molar-refractivity contribution in [1.82, 2.24) is 9.80 Å². The van der Waals surface area contributed by atoms with Crippen molar-refractivity contribution in [2.45, 2.75) is 26.4 Å². The van der Waals surface area contributed by atoms with Gasteiger partial charge in [-0.1, -0.05) is 6.07 Å². The summed E-state index contributed by atoms with van der Waals surface area (Å²) >= 11 is 0. The summed E-state index contributed by atoms with van der Waals surface area (Å²) in [5.74, 6) is 1.60. The molecule has 158 valence electrons. The summed E-state index contributed by atoms with van der Waals surface area (Å²) in [7, 11) is 0. The van der Waals surface area contributed by atoms with Crippen molar-refractivity contribution in [2.75, 3.05) is 38.3 Å². The maximum atomic E-state index is 12.7. The van der Waals surface area contributed by atoms with Crippen LogP contribution in [0.5, 0.6) is 11.5 Å². The number of nitrogens with zero attached hydrogens (tertiary/aromatic N) is 2. The molecule has 0 unspecified atom stereocenters. The number of rotatable bonds is 6. The Kier molecular flexibility index (Phi) is 6.01. The molecule has 7 heteroatoms. The van der Waals surface area contributed by atoms with Gasteiger partial charge in [0.25, 0.3) is 0 Å². The average molecular weight is 409 g/mol. The van der Waals surface area contributed by atoms with E-state index in [1.807, 2.05) is 19.1 Å². The third kappa shape index (κ3) is 4.63. The number of nitrogens with one attached hydrogen (secondary N) is 1. The second kappa shape index (κ2) is 8.85. The van der Waals surface area contributed by atoms with Gasteiger partial charge < -0.3 is 14.8 Å². The minimum absolute atomic E-state index is 0.0138. The van der Waals surface area contributed by atoms with Crippen molar-refractivity contribution in [3.05, 3.63) is 53.6 Å². The van der Waals surface area contributed by atoms with Crippen LogP contribution in [0.4, 0.5) is 5.69 Å². The molecule has 0 bridgehead atoms. The van der Waals surface area contributed by atoms with Gasteiger partial charge >= 0.3 is 0 Å². The van der Waals surface area contributed by atoms with Crippen LogP contribution in [0.2, 0.25) is 0 Å². The molecule has 1 saturated heterocycles. The quantitative estimate of drug-likeness (QED) is 0.740. The molecule has 0 spiro atoms. The smallest absolute Gasteiger partial charge is 0.241 e. The average Bonchev–Trinajstić information content (AvgIpc) is 3.22. The molecular weight excluding hydrogens is 382 g/mol. The first-order chi connectivity index (χ1) is 14.5. The van der Waals surface area contributed by atoms with E-state index in [9.17, 15) is 9.59 Å². The van der Waals surface area contributed by atoms with Crippen LogP contribution < -0.4 is 14.8 Å². The lowest BCUT2D eigenvalue weighted by Gasteiger charge is -2.37. The Labute approximate surface area is 176 Å². The minimum Gasteiger partial charge on any atom is -0.454 e. The first kappa shape index (κ1) is 20.4. The van der Waals surface area contributed by atoms with Gasteiger partial charge in [0.1, 0.15) is 0 Å². The Morgan fingerprint density at radius 2 is 1.70 bits per heavy atom. The normalized spacial score (nSPS) is 17.5. The number of hydrogen-bond donors (Lipinski definition) is 1. The fraction of sp³-hybridized carbons (Fsp3) is 0.391. The van der Waals surface area contributed by atoms with Crippen molar-refractivity contribution in [3.63, 3.8) is 0 Å². The molecule has 2 aliphatic heterocycles. The van der Waals surface area contributed by atoms with Crippen molar-refractivity contribution < 1.29 is 19.1 Å². The third-order valence-electron chi connectivity index (χ3n) is 5.74. The summed E-state index contributed by atoms with van der Waals surface area (Å²) in [5.41, 5.74) is 2.55. The lowest BCUT2D eigenvalue weighted by Crippen LogP contribution is -2.52. The first-order valence-corrected chi connectivity index (χ1v) is 10.3. The fourth-order valence-electron chi connectivity index (χ4n) is 3.81. The molecule has 2 aromatic rings. The third-order valence-corrected chi connectivity index (χ3v) is 5.74. The van der Waals surface area contributed by atoms with Crippen LogP contribution >= 0.6 is 0 Å². The number of carbonyl (C=O) groups is 2. The summed E-state index contributed by atoms with van der Waals surface area (Å²) in [5, 5.41) is 2.95. The fourth-order valence-corrected chi connectivity index (χ4v) is 3.81. The Bertz CT molecular complexity index is 921. The number of ether oxygens (including phenoxy) is 2. The summed E-state index contributed by atoms with van der Waals surface area (Å²) in [6.07, 6.45) is 0. The molecule has 2 heterocycles. The van der Waals surface area contributed by atoms with Crippen LogP contribution in [-0.2, 0) is 11.3 Å². The van der Waals surface area contributed by atoms with Gasteiger partial charge in [-0.3, -0.25) is 19.4 Å². The van der Waals surface area contributed by atoms with Gasteiger partial charge in [-0.25, -0.2) is 0 Å². The second-order valence-corrected chi connectivity index (χ2v) is 7.80. The molecule has 1 atom stereocenters. The van der Waals surface area contributed by atoms with Crippen molar-refractivity contribution in [3.8, 4) is 11.5 Å². The van der Waals surface area contributed by atoms with Gasteiger partial charge in [0, 0.05) is 44.0 Å². The molecule has 0 aromatic heterocycles. The number of hydrogen-bond acceptors (Lipinski definition) is 6. The zero-order chi connectivity index (χ0) is 21.1. The zero-order valence-corrected chi connectivity index (χ0v) is 17.4. The molecular formula is C23H27N3O4. The number of fused-ring (bicyclic) bond motifs is 1. The molecule has 7 nitrogen and oxygen atoms in total. The number of piperazine rings is 1. The van der Waals surface area contributed by atoms with Gasteiger partial charge in [0.2, 0.25) is 12.7 Å². The largest absolute Gasteiger partial charge is 0.454 e. The number of Topliss-reactive ketones (excluding diaryl/α,β-unsaturated/α-hetero) is 1. The molecule has 1 fully saturated rings. The summed E-state index contributed by atoms with van der Waals surface area (Å²) in [4.78, 5) is 28.6. The molecule has 1 N–H and O–H groups in total. The van der Waals surface area contributed by atoms with Gasteiger partial charge in [-0.15, -0.1) is 0 Å². The molecule has 0 saturated carbocycles. The van der Waals surface area contributed by atoms with Crippen LogP contribution in [0.25, 0.3) is 0 Å². The molecule has 2 aliphatic rings. The Morgan fingerprint density at radius 3 is 2.40 bits per heavy atom. The highest BCUT2D eigenvalue weighted by Gasteiger charge is 2.26. The lowest BCUT2D eigenvalue weighted by molar-refractivity contribution is -0.121. The number of benzene rings is 2. The molecule has 1 amide bonds. The van der Waals surface area contributed by atoms with E-state index in [1.54, 1.807) is 24.3 Å². The van der Waals surface area contributed by atoms with Gasteiger partial charge in [0.05, 0.1) is 6.04 Å². The Balaban J connectivity index is 1.26. The highest BCUT2D eigenvalue weighted by molar-refractivity contribution is 5.97. The van der Waals surface area contributed by atoms with Crippen molar-refractivity contribution >= 4 is 17.4 Å². The lowest BCUT2D eigenvalue weighted by atomic mass is 10.1. The number of amides is 1. The predicted octanol–water partition coefficient (Wildman–Crippen LogP) is 2.76. The van der Waals surface area contributed by atoms with Crippen LogP contribution in [0, 0.1) is 0 Å². The predicted molar refractivity (Wildman–Crippen MR) is 114 cm³/mol. The maximum absolute atomic E-state index is 12.7. The van der Waals surface area contributed by atoms with Gasteiger partial charge in [-0.2, -0.15) is 0 Å². The molecule has 2 aromatic carbocycles. The molecule has 0 radical (unpaired) electrons. The van der Waals surface area contributed by atoms with Crippen LogP contribution in [0.15, 0.2) is 42.5 Å². The van der Waals surface area contributed by atoms with Gasteiger partial charge in [-0.05, 0) is 55.8 Å². The van der Waals surface area contributed by atoms with E-state index in [0.717, 1.165) is 44.2 Å². The number of anilines is 1. The molecule has 4 rings (SSSR count). The Morgan fingerprint density at radius 1 is 1.00 bits per heavy atom. The highest BCUT2D eigenvalue weighted by atomic mass is 16.7. The number of ketones is 1.